The van der Waals surface area contributed by atoms with Gasteiger partial charge in [0.15, 0.2) is 0 Å². The summed E-state index contributed by atoms with van der Waals surface area (Å²) in [6.45, 7) is 6.26. The minimum atomic E-state index is -0.829. The molecule has 2 N–H and O–H groups in total. The molecule has 3 rings (SSSR count). The lowest BCUT2D eigenvalue weighted by Crippen LogP contribution is -2.42. The molecular weight excluding hydrogens is 320 g/mol. The lowest BCUT2D eigenvalue weighted by Gasteiger charge is -2.23. The monoisotopic (exact) mass is 346 g/mol. The lowest BCUT2D eigenvalue weighted by atomic mass is 9.91. The number of nitrogens with one attached hydrogen (secondary N) is 1. The van der Waals surface area contributed by atoms with Crippen molar-refractivity contribution >= 4 is 11.9 Å². The van der Waals surface area contributed by atoms with Gasteiger partial charge in [0.05, 0.1) is 13.2 Å². The molecule has 0 saturated carbocycles. The van der Waals surface area contributed by atoms with E-state index in [1.165, 1.54) is 0 Å². The zero-order chi connectivity index (χ0) is 18.0. The molecule has 6 nitrogen and oxygen atoms in total. The minimum absolute atomic E-state index is 0.0196. The second kappa shape index (κ2) is 7.44. The van der Waals surface area contributed by atoms with Gasteiger partial charge in [-0.1, -0.05) is 13.8 Å². The van der Waals surface area contributed by atoms with Gasteiger partial charge in [0, 0.05) is 24.7 Å². The largest absolute Gasteiger partial charge is 0.493 e. The fourth-order valence-electron chi connectivity index (χ4n) is 3.82. The van der Waals surface area contributed by atoms with Crippen LogP contribution >= 0.6 is 0 Å². The number of fused-ring (bicyclic) bond motifs is 1. The Bertz CT molecular complexity index is 659. The van der Waals surface area contributed by atoms with Gasteiger partial charge in [-0.15, -0.1) is 0 Å². The Morgan fingerprint density at radius 2 is 2.16 bits per heavy atom. The Balaban J connectivity index is 1.69. The number of hydrogen-bond donors (Lipinski definition) is 2. The molecule has 1 aromatic rings. The molecule has 0 unspecified atom stereocenters. The summed E-state index contributed by atoms with van der Waals surface area (Å²) in [6.07, 6.45) is 1.90. The predicted octanol–water partition coefficient (Wildman–Crippen LogP) is 1.78. The average molecular weight is 346 g/mol. The number of aliphatic carboxylic acids is 1. The molecule has 0 aromatic heterocycles. The third-order valence-electron chi connectivity index (χ3n) is 5.14. The number of carboxylic acids is 1. The third kappa shape index (κ3) is 4.12. The van der Waals surface area contributed by atoms with Crippen molar-refractivity contribution in [3.05, 3.63) is 29.3 Å². The molecule has 2 atom stereocenters. The highest BCUT2D eigenvalue weighted by molar-refractivity contribution is 5.94. The van der Waals surface area contributed by atoms with Crippen molar-refractivity contribution in [2.75, 3.05) is 26.2 Å². The van der Waals surface area contributed by atoms with E-state index in [9.17, 15) is 9.59 Å². The number of nitrogens with zero attached hydrogens (tertiary/aromatic N) is 1. The first kappa shape index (κ1) is 17.7. The Hall–Kier alpha value is -2.08. The summed E-state index contributed by atoms with van der Waals surface area (Å²) < 4.78 is 5.60. The minimum Gasteiger partial charge on any atom is -0.493 e. The summed E-state index contributed by atoms with van der Waals surface area (Å²) in [5, 5.41) is 12.1. The molecule has 2 heterocycles. The van der Waals surface area contributed by atoms with Crippen LogP contribution in [0.4, 0.5) is 0 Å². The Kier molecular flexibility index (Phi) is 5.27. The fraction of sp³-hybridized carbons (Fsp3) is 0.579. The standard InChI is InChI=1S/C19H26N2O4/c1-12(2)15-9-21(11-18(22)23)10-16(15)20-19(24)14-5-6-17-13(8-14)4-3-7-25-17/h5-6,8,12,15-16H,3-4,7,9-11H2,1-2H3,(H,20,24)(H,22,23)/t15-,16+/m0/s1. The first-order valence-electron chi connectivity index (χ1n) is 8.95. The molecule has 0 bridgehead atoms. The molecule has 2 aliphatic heterocycles. The number of carbonyl (C=O) groups is 2. The van der Waals surface area contributed by atoms with Crippen LogP contribution in [0.5, 0.6) is 5.75 Å². The van der Waals surface area contributed by atoms with E-state index in [-0.39, 0.29) is 24.4 Å². The van der Waals surface area contributed by atoms with Gasteiger partial charge < -0.3 is 15.2 Å². The number of aryl methyl sites for hydroxylation is 1. The number of benzene rings is 1. The molecule has 2 aliphatic rings. The normalized spacial score (nSPS) is 23.2. The first-order chi connectivity index (χ1) is 11.9. The summed E-state index contributed by atoms with van der Waals surface area (Å²) in [5.74, 6) is 0.576. The molecule has 1 amide bonds. The zero-order valence-corrected chi connectivity index (χ0v) is 14.8. The van der Waals surface area contributed by atoms with Crippen LogP contribution in [0.15, 0.2) is 18.2 Å². The second-order valence-electron chi connectivity index (χ2n) is 7.35. The highest BCUT2D eigenvalue weighted by Crippen LogP contribution is 2.27. The van der Waals surface area contributed by atoms with Crippen molar-refractivity contribution < 1.29 is 19.4 Å². The number of carboxylic acid groups (broad SMARTS) is 1. The molecular formula is C19H26N2O4. The number of hydrogen-bond acceptors (Lipinski definition) is 4. The molecule has 0 radical (unpaired) electrons. The van der Waals surface area contributed by atoms with Gasteiger partial charge in [-0.05, 0) is 48.4 Å². The van der Waals surface area contributed by atoms with Crippen LogP contribution in [-0.2, 0) is 11.2 Å². The summed E-state index contributed by atoms with van der Waals surface area (Å²) in [5.41, 5.74) is 1.72. The molecule has 136 valence electrons. The lowest BCUT2D eigenvalue weighted by molar-refractivity contribution is -0.138. The van der Waals surface area contributed by atoms with Crippen molar-refractivity contribution in [1.82, 2.24) is 10.2 Å². The fourth-order valence-corrected chi connectivity index (χ4v) is 3.82. The summed E-state index contributed by atoms with van der Waals surface area (Å²) in [4.78, 5) is 25.6. The summed E-state index contributed by atoms with van der Waals surface area (Å²) in [6, 6.07) is 5.56. The number of amides is 1. The number of carbonyl (C=O) groups excluding carboxylic acids is 1. The highest BCUT2D eigenvalue weighted by atomic mass is 16.5. The first-order valence-corrected chi connectivity index (χ1v) is 8.95. The third-order valence-corrected chi connectivity index (χ3v) is 5.14. The highest BCUT2D eigenvalue weighted by Gasteiger charge is 2.36. The van der Waals surface area contributed by atoms with Crippen LogP contribution in [0.1, 0.15) is 36.2 Å². The van der Waals surface area contributed by atoms with Crippen LogP contribution in [0, 0.1) is 11.8 Å². The van der Waals surface area contributed by atoms with Crippen LogP contribution in [0.25, 0.3) is 0 Å². The van der Waals surface area contributed by atoms with Gasteiger partial charge in [0.25, 0.3) is 5.91 Å². The molecule has 0 aliphatic carbocycles. The van der Waals surface area contributed by atoms with E-state index in [1.54, 1.807) is 6.07 Å². The Morgan fingerprint density at radius 3 is 2.88 bits per heavy atom. The van der Waals surface area contributed by atoms with Gasteiger partial charge >= 0.3 is 5.97 Å². The smallest absolute Gasteiger partial charge is 0.317 e. The van der Waals surface area contributed by atoms with Gasteiger partial charge in [-0.2, -0.15) is 0 Å². The maximum atomic E-state index is 12.7. The van der Waals surface area contributed by atoms with E-state index in [0.29, 0.717) is 24.6 Å². The van der Waals surface area contributed by atoms with E-state index >= 15 is 0 Å². The number of likely N-dealkylation sites (tertiary alicyclic amines) is 1. The van der Waals surface area contributed by atoms with Crippen molar-refractivity contribution in [3.8, 4) is 5.75 Å². The van der Waals surface area contributed by atoms with Crippen molar-refractivity contribution in [2.45, 2.75) is 32.7 Å². The zero-order valence-electron chi connectivity index (χ0n) is 14.8. The van der Waals surface area contributed by atoms with E-state index in [4.69, 9.17) is 9.84 Å². The Labute approximate surface area is 148 Å². The quantitative estimate of drug-likeness (QED) is 0.850. The average Bonchev–Trinajstić information content (AvgIpc) is 2.96. The molecule has 1 aromatic carbocycles. The van der Waals surface area contributed by atoms with Crippen LogP contribution in [0.3, 0.4) is 0 Å². The molecule has 1 fully saturated rings. The summed E-state index contributed by atoms with van der Waals surface area (Å²) in [7, 11) is 0. The van der Waals surface area contributed by atoms with Crippen molar-refractivity contribution in [3.63, 3.8) is 0 Å². The summed E-state index contributed by atoms with van der Waals surface area (Å²) >= 11 is 0. The van der Waals surface area contributed by atoms with E-state index in [2.05, 4.69) is 19.2 Å². The topological polar surface area (TPSA) is 78.9 Å². The van der Waals surface area contributed by atoms with E-state index in [0.717, 1.165) is 30.8 Å². The van der Waals surface area contributed by atoms with Gasteiger partial charge in [-0.3, -0.25) is 14.5 Å². The molecule has 25 heavy (non-hydrogen) atoms. The van der Waals surface area contributed by atoms with Crippen LogP contribution in [-0.4, -0.2) is 54.2 Å². The Morgan fingerprint density at radius 1 is 1.36 bits per heavy atom. The molecule has 0 spiro atoms. The number of ether oxygens (including phenoxy) is 1. The van der Waals surface area contributed by atoms with Gasteiger partial charge in [0.1, 0.15) is 5.75 Å². The molecule has 6 heteroatoms. The van der Waals surface area contributed by atoms with E-state index in [1.807, 2.05) is 17.0 Å². The SMILES string of the molecule is CC(C)[C@@H]1CN(CC(=O)O)C[C@H]1NC(=O)c1ccc2c(c1)CCCO2. The van der Waals surface area contributed by atoms with Crippen molar-refractivity contribution in [1.29, 1.82) is 0 Å². The molecule has 1 saturated heterocycles. The predicted molar refractivity (Wildman–Crippen MR) is 93.9 cm³/mol. The van der Waals surface area contributed by atoms with Crippen molar-refractivity contribution in [2.24, 2.45) is 11.8 Å². The second-order valence-corrected chi connectivity index (χ2v) is 7.35. The van der Waals surface area contributed by atoms with Crippen LogP contribution in [0.2, 0.25) is 0 Å². The maximum absolute atomic E-state index is 12.7. The van der Waals surface area contributed by atoms with Gasteiger partial charge in [0.2, 0.25) is 0 Å². The van der Waals surface area contributed by atoms with Crippen LogP contribution < -0.4 is 10.1 Å². The maximum Gasteiger partial charge on any atom is 0.317 e. The van der Waals surface area contributed by atoms with E-state index < -0.39 is 5.97 Å². The number of rotatable bonds is 5. The van der Waals surface area contributed by atoms with Gasteiger partial charge in [-0.25, -0.2) is 0 Å².